The van der Waals surface area contributed by atoms with E-state index in [2.05, 4.69) is 21.4 Å². The number of amides is 1. The first kappa shape index (κ1) is 21.6. The molecule has 0 bridgehead atoms. The molecule has 7 nitrogen and oxygen atoms in total. The molecule has 8 heteroatoms. The number of ether oxygens (including phenoxy) is 1. The van der Waals surface area contributed by atoms with Gasteiger partial charge in [-0.25, -0.2) is 9.97 Å². The van der Waals surface area contributed by atoms with E-state index in [-0.39, 0.29) is 11.7 Å². The maximum absolute atomic E-state index is 12.6. The van der Waals surface area contributed by atoms with Gasteiger partial charge in [-0.3, -0.25) is 4.79 Å². The van der Waals surface area contributed by atoms with E-state index in [0.717, 1.165) is 22.3 Å². The number of nitrogens with one attached hydrogen (secondary N) is 1. The minimum absolute atomic E-state index is 0.116. The van der Waals surface area contributed by atoms with Crippen LogP contribution in [-0.4, -0.2) is 28.7 Å². The van der Waals surface area contributed by atoms with Gasteiger partial charge in [0.2, 0.25) is 11.8 Å². The summed E-state index contributed by atoms with van der Waals surface area (Å²) in [6, 6.07) is 18.9. The predicted molar refractivity (Wildman–Crippen MR) is 123 cm³/mol. The number of oxazole rings is 1. The molecule has 2 aromatic carbocycles. The third-order valence-corrected chi connectivity index (χ3v) is 5.61. The monoisotopic (exact) mass is 444 g/mol. The first-order valence-electron chi connectivity index (χ1n) is 9.85. The third-order valence-electron chi connectivity index (χ3n) is 4.63. The minimum atomic E-state index is -0.204. The summed E-state index contributed by atoms with van der Waals surface area (Å²) in [6.45, 7) is 2.16. The summed E-state index contributed by atoms with van der Waals surface area (Å²) in [4.78, 5) is 21.5. The molecule has 2 heterocycles. The molecule has 1 amide bonds. The van der Waals surface area contributed by atoms with Crippen LogP contribution in [-0.2, 0) is 16.1 Å². The second kappa shape index (κ2) is 9.64. The Balaban J connectivity index is 1.46. The van der Waals surface area contributed by atoms with Gasteiger partial charge in [0.05, 0.1) is 17.9 Å². The molecular weight excluding hydrogens is 424 g/mol. The number of hydrogen-bond acceptors (Lipinski definition) is 7. The van der Waals surface area contributed by atoms with Crippen molar-refractivity contribution in [1.29, 1.82) is 5.26 Å². The molecule has 32 heavy (non-hydrogen) atoms. The van der Waals surface area contributed by atoms with Crippen LogP contribution in [0.1, 0.15) is 16.8 Å². The molecule has 0 unspecified atom stereocenters. The van der Waals surface area contributed by atoms with E-state index < -0.39 is 0 Å². The molecule has 0 saturated heterocycles. The lowest BCUT2D eigenvalue weighted by atomic mass is 10.1. The maximum Gasteiger partial charge on any atom is 0.234 e. The number of fused-ring (bicyclic) bond motifs is 1. The molecule has 0 fully saturated rings. The van der Waals surface area contributed by atoms with E-state index in [1.807, 2.05) is 55.5 Å². The molecule has 4 aromatic rings. The second-order valence-corrected chi connectivity index (χ2v) is 8.02. The summed E-state index contributed by atoms with van der Waals surface area (Å²) in [5.74, 6) is 0.403. The normalized spacial score (nSPS) is 10.8. The summed E-state index contributed by atoms with van der Waals surface area (Å²) in [5.41, 5.74) is 4.85. The predicted octanol–water partition coefficient (Wildman–Crippen LogP) is 4.95. The maximum atomic E-state index is 12.6. The summed E-state index contributed by atoms with van der Waals surface area (Å²) >= 11 is 1.22. The Morgan fingerprint density at radius 1 is 1.19 bits per heavy atom. The van der Waals surface area contributed by atoms with Crippen LogP contribution < -0.4 is 5.32 Å². The lowest BCUT2D eigenvalue weighted by Crippen LogP contribution is -2.14. The Hall–Kier alpha value is -3.67. The van der Waals surface area contributed by atoms with Crippen molar-refractivity contribution in [1.82, 2.24) is 9.97 Å². The van der Waals surface area contributed by atoms with Crippen molar-refractivity contribution in [3.05, 3.63) is 71.4 Å². The van der Waals surface area contributed by atoms with Crippen molar-refractivity contribution in [2.75, 3.05) is 18.2 Å². The number of benzene rings is 2. The number of carbonyl (C=O) groups excluding carboxylic acids is 1. The number of para-hydroxylation sites is 2. The molecule has 1 N–H and O–H groups in total. The van der Waals surface area contributed by atoms with Gasteiger partial charge in [-0.05, 0) is 48.9 Å². The molecule has 4 rings (SSSR count). The highest BCUT2D eigenvalue weighted by atomic mass is 32.2. The first-order valence-corrected chi connectivity index (χ1v) is 10.8. The molecule has 160 valence electrons. The zero-order chi connectivity index (χ0) is 22.5. The van der Waals surface area contributed by atoms with Crippen LogP contribution in [0.3, 0.4) is 0 Å². The van der Waals surface area contributed by atoms with E-state index >= 15 is 0 Å². The highest BCUT2D eigenvalue weighted by Crippen LogP contribution is 2.27. The smallest absolute Gasteiger partial charge is 0.234 e. The Labute approximate surface area is 189 Å². The Bertz CT molecular complexity index is 1290. The number of thioether (sulfide) groups is 1. The van der Waals surface area contributed by atoms with Crippen LogP contribution >= 0.6 is 11.8 Å². The van der Waals surface area contributed by atoms with Gasteiger partial charge in [0.15, 0.2) is 5.58 Å². The highest BCUT2D eigenvalue weighted by Gasteiger charge is 2.14. The standard InChI is InChI=1S/C24H20N4O3S/c1-15-10-17(13-30-2)19(12-25)24(26-15)32-14-22(29)27-18-7-5-6-16(11-18)23-28-20-8-3-4-9-21(20)31-23/h3-11H,13-14H2,1-2H3,(H,27,29). The van der Waals surface area contributed by atoms with Gasteiger partial charge in [-0.15, -0.1) is 0 Å². The fraction of sp³-hybridized carbons (Fsp3) is 0.167. The quantitative estimate of drug-likeness (QED) is 0.403. The largest absolute Gasteiger partial charge is 0.436 e. The summed E-state index contributed by atoms with van der Waals surface area (Å²) in [6.07, 6.45) is 0. The average Bonchev–Trinajstić information content (AvgIpc) is 3.22. The van der Waals surface area contributed by atoms with Crippen molar-refractivity contribution < 1.29 is 13.9 Å². The zero-order valence-electron chi connectivity index (χ0n) is 17.6. The highest BCUT2D eigenvalue weighted by molar-refractivity contribution is 8.00. The Kier molecular flexibility index (Phi) is 6.50. The summed E-state index contributed by atoms with van der Waals surface area (Å²) in [7, 11) is 1.58. The summed E-state index contributed by atoms with van der Waals surface area (Å²) < 4.78 is 11.0. The minimum Gasteiger partial charge on any atom is -0.436 e. The Morgan fingerprint density at radius 3 is 2.81 bits per heavy atom. The van der Waals surface area contributed by atoms with Gasteiger partial charge in [0, 0.05) is 24.1 Å². The van der Waals surface area contributed by atoms with E-state index in [1.54, 1.807) is 13.2 Å². The molecule has 0 aliphatic rings. The number of nitriles is 1. The first-order chi connectivity index (χ1) is 15.6. The number of rotatable bonds is 7. The lowest BCUT2D eigenvalue weighted by Gasteiger charge is -2.10. The van der Waals surface area contributed by atoms with E-state index in [1.165, 1.54) is 11.8 Å². The van der Waals surface area contributed by atoms with Crippen molar-refractivity contribution in [3.8, 4) is 17.5 Å². The molecular formula is C24H20N4O3S. The number of nitrogens with zero attached hydrogens (tertiary/aromatic N) is 3. The fourth-order valence-electron chi connectivity index (χ4n) is 3.26. The van der Waals surface area contributed by atoms with Gasteiger partial charge in [0.25, 0.3) is 0 Å². The van der Waals surface area contributed by atoms with Crippen LogP contribution in [0.5, 0.6) is 0 Å². The van der Waals surface area contributed by atoms with Gasteiger partial charge < -0.3 is 14.5 Å². The summed E-state index contributed by atoms with van der Waals surface area (Å²) in [5, 5.41) is 12.9. The number of hydrogen-bond donors (Lipinski definition) is 1. The lowest BCUT2D eigenvalue weighted by molar-refractivity contribution is -0.113. The zero-order valence-corrected chi connectivity index (χ0v) is 18.4. The topological polar surface area (TPSA) is 101 Å². The van der Waals surface area contributed by atoms with Crippen LogP contribution in [0.2, 0.25) is 0 Å². The van der Waals surface area contributed by atoms with E-state index in [4.69, 9.17) is 9.15 Å². The average molecular weight is 445 g/mol. The van der Waals surface area contributed by atoms with Crippen LogP contribution in [0.15, 0.2) is 64.0 Å². The SMILES string of the molecule is COCc1cc(C)nc(SCC(=O)Nc2cccc(-c3nc4ccccc4o3)c2)c1C#N. The van der Waals surface area contributed by atoms with Crippen molar-refractivity contribution >= 4 is 34.5 Å². The van der Waals surface area contributed by atoms with Crippen LogP contribution in [0.25, 0.3) is 22.6 Å². The van der Waals surface area contributed by atoms with Gasteiger partial charge in [-0.2, -0.15) is 5.26 Å². The molecule has 0 atom stereocenters. The molecule has 0 saturated carbocycles. The number of carbonyl (C=O) groups is 1. The number of anilines is 1. The number of aromatic nitrogens is 2. The molecule has 0 spiro atoms. The van der Waals surface area contributed by atoms with Gasteiger partial charge in [0.1, 0.15) is 16.6 Å². The third kappa shape index (κ3) is 4.80. The number of pyridine rings is 1. The van der Waals surface area contributed by atoms with Crippen molar-refractivity contribution in [2.45, 2.75) is 18.6 Å². The van der Waals surface area contributed by atoms with E-state index in [9.17, 15) is 10.1 Å². The molecule has 2 aromatic heterocycles. The van der Waals surface area contributed by atoms with Gasteiger partial charge >= 0.3 is 0 Å². The van der Waals surface area contributed by atoms with Crippen molar-refractivity contribution in [2.24, 2.45) is 0 Å². The Morgan fingerprint density at radius 2 is 2.03 bits per heavy atom. The van der Waals surface area contributed by atoms with Crippen LogP contribution in [0.4, 0.5) is 5.69 Å². The van der Waals surface area contributed by atoms with Crippen molar-refractivity contribution in [3.63, 3.8) is 0 Å². The second-order valence-electron chi connectivity index (χ2n) is 7.05. The fourth-order valence-corrected chi connectivity index (χ4v) is 4.13. The van der Waals surface area contributed by atoms with Crippen LogP contribution in [0, 0.1) is 18.3 Å². The molecule has 0 aliphatic carbocycles. The molecule has 0 radical (unpaired) electrons. The number of methoxy groups -OCH3 is 1. The van der Waals surface area contributed by atoms with E-state index in [0.29, 0.717) is 34.4 Å². The van der Waals surface area contributed by atoms with Gasteiger partial charge in [-0.1, -0.05) is 30.0 Å². The number of aryl methyl sites for hydroxylation is 1. The molecule has 0 aliphatic heterocycles.